The van der Waals surface area contributed by atoms with Crippen molar-refractivity contribution >= 4 is 17.5 Å². The number of hydrogen-bond donors (Lipinski definition) is 1. The van der Waals surface area contributed by atoms with Crippen molar-refractivity contribution in [2.24, 2.45) is 5.92 Å². The van der Waals surface area contributed by atoms with E-state index < -0.39 is 0 Å². The topological polar surface area (TPSA) is 49.0 Å². The Morgan fingerprint density at radius 2 is 2.53 bits per heavy atom. The van der Waals surface area contributed by atoms with E-state index in [4.69, 9.17) is 11.6 Å². The second-order valence-corrected chi connectivity index (χ2v) is 4.58. The van der Waals surface area contributed by atoms with E-state index in [1.54, 1.807) is 12.4 Å². The van der Waals surface area contributed by atoms with E-state index in [-0.39, 0.29) is 11.3 Å². The highest BCUT2D eigenvalue weighted by Crippen LogP contribution is 2.22. The summed E-state index contributed by atoms with van der Waals surface area (Å²) >= 11 is 6.11. The van der Waals surface area contributed by atoms with Gasteiger partial charge in [0.25, 0.3) is 5.91 Å². The zero-order valence-electron chi connectivity index (χ0n) is 8.61. The lowest BCUT2D eigenvalue weighted by Gasteiger charge is -2.33. The first kappa shape index (κ1) is 10.5. The molecule has 0 saturated carbocycles. The van der Waals surface area contributed by atoms with Gasteiger partial charge in [-0.05, 0) is 12.3 Å². The molecule has 2 rings (SSSR count). The Morgan fingerprint density at radius 1 is 1.73 bits per heavy atom. The molecule has 1 N–H and O–H groups in total. The Hall–Kier alpha value is -1.03. The third kappa shape index (κ3) is 2.15. The van der Waals surface area contributed by atoms with Gasteiger partial charge in [-0.3, -0.25) is 9.89 Å². The first-order chi connectivity index (χ1) is 7.18. The number of carbonyl (C=O) groups excluding carboxylic acids is 1. The number of likely N-dealkylation sites (tertiary alicyclic amines) is 1. The van der Waals surface area contributed by atoms with Crippen molar-refractivity contribution in [1.82, 2.24) is 15.1 Å². The fourth-order valence-corrected chi connectivity index (χ4v) is 2.03. The number of hydrogen-bond acceptors (Lipinski definition) is 2. The summed E-state index contributed by atoms with van der Waals surface area (Å²) in [5, 5.41) is 6.61. The quantitative estimate of drug-likeness (QED) is 0.740. The molecule has 2 atom stereocenters. The first-order valence-electron chi connectivity index (χ1n) is 5.10. The van der Waals surface area contributed by atoms with E-state index in [1.165, 1.54) is 0 Å². The Balaban J connectivity index is 2.03. The molecule has 0 spiro atoms. The molecule has 1 aromatic heterocycles. The van der Waals surface area contributed by atoms with Crippen LogP contribution in [0.25, 0.3) is 0 Å². The molecule has 1 amide bonds. The average Bonchev–Trinajstić information content (AvgIpc) is 2.74. The van der Waals surface area contributed by atoms with Crippen molar-refractivity contribution in [3.63, 3.8) is 0 Å². The van der Waals surface area contributed by atoms with E-state index in [0.29, 0.717) is 11.5 Å². The Bertz CT molecular complexity index is 338. The molecule has 0 bridgehead atoms. The van der Waals surface area contributed by atoms with Gasteiger partial charge in [0, 0.05) is 24.7 Å². The van der Waals surface area contributed by atoms with E-state index in [1.807, 2.05) is 4.90 Å². The van der Waals surface area contributed by atoms with Crippen molar-refractivity contribution in [3.05, 3.63) is 18.0 Å². The normalized spacial score (nSPS) is 26.7. The van der Waals surface area contributed by atoms with E-state index >= 15 is 0 Å². The Morgan fingerprint density at radius 3 is 3.13 bits per heavy atom. The number of aromatic nitrogens is 2. The molecule has 0 aromatic carbocycles. The van der Waals surface area contributed by atoms with Crippen LogP contribution in [0.4, 0.5) is 0 Å². The van der Waals surface area contributed by atoms with Crippen LogP contribution in [0.2, 0.25) is 0 Å². The summed E-state index contributed by atoms with van der Waals surface area (Å²) < 4.78 is 0. The maximum atomic E-state index is 11.9. The minimum Gasteiger partial charge on any atom is -0.338 e. The molecule has 15 heavy (non-hydrogen) atoms. The van der Waals surface area contributed by atoms with E-state index in [9.17, 15) is 4.79 Å². The van der Waals surface area contributed by atoms with E-state index in [0.717, 1.165) is 19.5 Å². The average molecular weight is 228 g/mol. The maximum absolute atomic E-state index is 11.9. The van der Waals surface area contributed by atoms with Crippen LogP contribution in [0.15, 0.2) is 12.4 Å². The molecule has 1 saturated heterocycles. The summed E-state index contributed by atoms with van der Waals surface area (Å²) in [7, 11) is 0. The second kappa shape index (κ2) is 4.23. The molecule has 0 aliphatic carbocycles. The predicted octanol–water partition coefficient (Wildman–Crippen LogP) is 1.50. The summed E-state index contributed by atoms with van der Waals surface area (Å²) in [6.07, 6.45) is 4.05. The number of rotatable bonds is 1. The van der Waals surface area contributed by atoms with Crippen LogP contribution >= 0.6 is 11.6 Å². The Labute approximate surface area is 93.6 Å². The molecule has 1 aliphatic heterocycles. The highest BCUT2D eigenvalue weighted by Gasteiger charge is 2.27. The van der Waals surface area contributed by atoms with Crippen LogP contribution < -0.4 is 0 Å². The van der Waals surface area contributed by atoms with Gasteiger partial charge >= 0.3 is 0 Å². The number of carbonyl (C=O) groups is 1. The molecule has 2 heterocycles. The lowest BCUT2D eigenvalue weighted by Crippen LogP contribution is -2.43. The molecule has 2 unspecified atom stereocenters. The number of aromatic amines is 1. The zero-order chi connectivity index (χ0) is 10.8. The Kier molecular flexibility index (Phi) is 2.95. The van der Waals surface area contributed by atoms with Crippen molar-refractivity contribution in [2.75, 3.05) is 13.1 Å². The molecular formula is C10H14ClN3O. The summed E-state index contributed by atoms with van der Waals surface area (Å²) in [4.78, 5) is 13.8. The molecule has 82 valence electrons. The summed E-state index contributed by atoms with van der Waals surface area (Å²) in [5.41, 5.74) is 0.621. The highest BCUT2D eigenvalue weighted by atomic mass is 35.5. The SMILES string of the molecule is CC1CN(C(=O)c2cn[nH]c2)CCC1Cl. The number of nitrogens with zero attached hydrogens (tertiary/aromatic N) is 2. The van der Waals surface area contributed by atoms with Gasteiger partial charge < -0.3 is 4.90 Å². The van der Waals surface area contributed by atoms with Crippen molar-refractivity contribution < 1.29 is 4.79 Å². The number of piperidine rings is 1. The summed E-state index contributed by atoms with van der Waals surface area (Å²) in [6, 6.07) is 0. The van der Waals surface area contributed by atoms with Crippen LogP contribution in [0, 0.1) is 5.92 Å². The minimum absolute atomic E-state index is 0.0409. The van der Waals surface area contributed by atoms with Gasteiger partial charge in [-0.25, -0.2) is 0 Å². The molecule has 5 heteroatoms. The van der Waals surface area contributed by atoms with Crippen LogP contribution in [-0.4, -0.2) is 39.5 Å². The van der Waals surface area contributed by atoms with Crippen molar-refractivity contribution in [2.45, 2.75) is 18.7 Å². The molecule has 1 fully saturated rings. The smallest absolute Gasteiger partial charge is 0.257 e. The fraction of sp³-hybridized carbons (Fsp3) is 0.600. The summed E-state index contributed by atoms with van der Waals surface area (Å²) in [6.45, 7) is 3.55. The maximum Gasteiger partial charge on any atom is 0.257 e. The number of H-pyrrole nitrogens is 1. The highest BCUT2D eigenvalue weighted by molar-refractivity contribution is 6.20. The van der Waals surface area contributed by atoms with Crippen molar-refractivity contribution in [3.8, 4) is 0 Å². The molecule has 0 radical (unpaired) electrons. The second-order valence-electron chi connectivity index (χ2n) is 4.02. The number of halogens is 1. The van der Waals surface area contributed by atoms with E-state index in [2.05, 4.69) is 17.1 Å². The van der Waals surface area contributed by atoms with Gasteiger partial charge in [-0.1, -0.05) is 6.92 Å². The minimum atomic E-state index is 0.0409. The number of nitrogens with one attached hydrogen (secondary N) is 1. The number of alkyl halides is 1. The molecule has 1 aromatic rings. The van der Waals surface area contributed by atoms with Gasteiger partial charge in [-0.2, -0.15) is 5.10 Å². The third-order valence-corrected chi connectivity index (χ3v) is 3.48. The van der Waals surface area contributed by atoms with Gasteiger partial charge in [0.05, 0.1) is 11.8 Å². The van der Waals surface area contributed by atoms with Crippen LogP contribution in [0.1, 0.15) is 23.7 Å². The monoisotopic (exact) mass is 227 g/mol. The van der Waals surface area contributed by atoms with Gasteiger partial charge in [0.15, 0.2) is 0 Å². The largest absolute Gasteiger partial charge is 0.338 e. The van der Waals surface area contributed by atoms with Crippen molar-refractivity contribution in [1.29, 1.82) is 0 Å². The first-order valence-corrected chi connectivity index (χ1v) is 5.54. The predicted molar refractivity (Wildman–Crippen MR) is 57.9 cm³/mol. The lowest BCUT2D eigenvalue weighted by molar-refractivity contribution is 0.0687. The zero-order valence-corrected chi connectivity index (χ0v) is 9.37. The van der Waals surface area contributed by atoms with Crippen LogP contribution in [0.5, 0.6) is 0 Å². The van der Waals surface area contributed by atoms with Gasteiger partial charge in [-0.15, -0.1) is 11.6 Å². The number of amides is 1. The lowest BCUT2D eigenvalue weighted by atomic mass is 9.99. The van der Waals surface area contributed by atoms with Crippen LogP contribution in [-0.2, 0) is 0 Å². The van der Waals surface area contributed by atoms with Crippen LogP contribution in [0.3, 0.4) is 0 Å². The molecule has 1 aliphatic rings. The third-order valence-electron chi connectivity index (χ3n) is 2.83. The van der Waals surface area contributed by atoms with Gasteiger partial charge in [0.2, 0.25) is 0 Å². The molecular weight excluding hydrogens is 214 g/mol. The summed E-state index contributed by atoms with van der Waals surface area (Å²) in [5.74, 6) is 0.399. The molecule has 4 nitrogen and oxygen atoms in total. The fourth-order valence-electron chi connectivity index (χ4n) is 1.85. The van der Waals surface area contributed by atoms with Gasteiger partial charge in [0.1, 0.15) is 0 Å². The standard InChI is InChI=1S/C10H14ClN3O/c1-7-6-14(3-2-9(7)11)10(15)8-4-12-13-5-8/h4-5,7,9H,2-3,6H2,1H3,(H,12,13).